The van der Waals surface area contributed by atoms with Gasteiger partial charge in [-0.1, -0.05) is 18.2 Å². The predicted molar refractivity (Wildman–Crippen MR) is 140 cm³/mol. The number of benzene rings is 2. The summed E-state index contributed by atoms with van der Waals surface area (Å²) in [6, 6.07) is 8.00. The van der Waals surface area contributed by atoms with E-state index in [1.54, 1.807) is 12.1 Å². The van der Waals surface area contributed by atoms with Crippen LogP contribution in [0.25, 0.3) is 10.9 Å². The number of aromatic hydroxyl groups is 1. The molecule has 1 aromatic heterocycles. The molecule has 2 fully saturated rings. The molecule has 13 heteroatoms. The van der Waals surface area contributed by atoms with Gasteiger partial charge in [-0.3, -0.25) is 9.59 Å². The minimum Gasteiger partial charge on any atom is -0.504 e. The molecule has 41 heavy (non-hydrogen) atoms. The summed E-state index contributed by atoms with van der Waals surface area (Å²) < 4.78 is 34.3. The Morgan fingerprint density at radius 1 is 1.15 bits per heavy atom. The number of nitrogens with zero attached hydrogens (tertiary/aromatic N) is 2. The number of carbonyl (C=O) groups excluding carboxylic acids is 2. The zero-order valence-corrected chi connectivity index (χ0v) is 21.6. The van der Waals surface area contributed by atoms with Gasteiger partial charge in [0.15, 0.2) is 17.6 Å². The highest BCUT2D eigenvalue weighted by molar-refractivity contribution is 5.97. The average molecular weight is 571 g/mol. The number of amides is 2. The van der Waals surface area contributed by atoms with Gasteiger partial charge >= 0.3 is 5.97 Å². The van der Waals surface area contributed by atoms with E-state index in [1.165, 1.54) is 17.9 Å². The van der Waals surface area contributed by atoms with E-state index >= 15 is 0 Å². The number of phenolic OH excluding ortho intramolecular Hbond substituents is 1. The Bertz CT molecular complexity index is 1680. The standard InChI is InChI=1S/C28H29N3O10/c1-11-7-12(8-17(21(11)33)40-28-24(36)22(34)23(35)25(41-28)27(38)39)20-19-14(13-5-3-4-6-15(13)29-19)9-16-26(37)30(2)10-18(32)31(16)20/h3-8,16,20,22-25,28-29,33-36H,9-10H2,1-2H3,(H,38,39)/t16-,20-,22+,23+,24-,25+,28-/m1/s1/i2D3. The van der Waals surface area contributed by atoms with Crippen LogP contribution in [0.15, 0.2) is 36.4 Å². The van der Waals surface area contributed by atoms with Crippen molar-refractivity contribution in [2.45, 2.75) is 56.1 Å². The molecule has 2 amide bonds. The number of aliphatic hydroxyl groups excluding tert-OH is 3. The molecule has 2 aromatic carbocycles. The summed E-state index contributed by atoms with van der Waals surface area (Å²) in [6.45, 7) is -2.00. The molecule has 7 atom stereocenters. The van der Waals surface area contributed by atoms with Crippen LogP contribution >= 0.6 is 0 Å². The summed E-state index contributed by atoms with van der Waals surface area (Å²) in [5.74, 6) is -3.72. The predicted octanol–water partition coefficient (Wildman–Crippen LogP) is -0.232. The number of phenols is 1. The topological polar surface area (TPSA) is 193 Å². The lowest BCUT2D eigenvalue weighted by molar-refractivity contribution is -0.271. The molecule has 3 aromatic rings. The van der Waals surface area contributed by atoms with E-state index in [-0.39, 0.29) is 17.7 Å². The number of piperazine rings is 1. The second-order valence-electron chi connectivity index (χ2n) is 10.4. The summed E-state index contributed by atoms with van der Waals surface area (Å²) in [5, 5.41) is 51.8. The first-order valence-electron chi connectivity index (χ1n) is 14.3. The van der Waals surface area contributed by atoms with E-state index in [0.717, 1.165) is 5.39 Å². The number of aryl methyl sites for hydroxylation is 1. The molecular formula is C28H29N3O10. The number of carboxylic acid groups (broad SMARTS) is 1. The van der Waals surface area contributed by atoms with Crippen molar-refractivity contribution in [1.29, 1.82) is 0 Å². The molecule has 13 nitrogen and oxygen atoms in total. The Labute approximate surface area is 237 Å². The maximum absolute atomic E-state index is 13.6. The molecule has 0 unspecified atom stereocenters. The molecule has 0 spiro atoms. The summed E-state index contributed by atoms with van der Waals surface area (Å²) in [7, 11) is 0. The minimum absolute atomic E-state index is 0.0479. The van der Waals surface area contributed by atoms with E-state index in [4.69, 9.17) is 13.6 Å². The number of para-hydroxylation sites is 1. The third-order valence-electron chi connectivity index (χ3n) is 7.92. The Hall–Kier alpha value is -4.17. The summed E-state index contributed by atoms with van der Waals surface area (Å²) in [6.07, 6.45) is -9.55. The quantitative estimate of drug-likeness (QED) is 0.244. The molecule has 3 aliphatic rings. The van der Waals surface area contributed by atoms with Crippen LogP contribution in [-0.4, -0.2) is 108 Å². The van der Waals surface area contributed by atoms with Gasteiger partial charge in [0.25, 0.3) is 0 Å². The van der Waals surface area contributed by atoms with Gasteiger partial charge in [-0.15, -0.1) is 0 Å². The van der Waals surface area contributed by atoms with Gasteiger partial charge in [0.1, 0.15) is 24.4 Å². The molecule has 0 bridgehead atoms. The van der Waals surface area contributed by atoms with Crippen LogP contribution in [0.2, 0.25) is 0 Å². The number of H-pyrrole nitrogens is 1. The maximum Gasteiger partial charge on any atom is 0.335 e. The first-order chi connectivity index (χ1) is 20.7. The van der Waals surface area contributed by atoms with E-state index in [1.807, 2.05) is 18.2 Å². The van der Waals surface area contributed by atoms with E-state index in [9.17, 15) is 39.9 Å². The van der Waals surface area contributed by atoms with Crippen LogP contribution in [0.1, 0.15) is 32.5 Å². The number of aromatic amines is 1. The molecule has 3 aliphatic heterocycles. The molecule has 216 valence electrons. The number of likely N-dealkylation sites (N-methyl/N-ethyl adjacent to an activating group) is 1. The molecule has 6 N–H and O–H groups in total. The van der Waals surface area contributed by atoms with Crippen LogP contribution in [0, 0.1) is 6.92 Å². The molecule has 4 heterocycles. The summed E-state index contributed by atoms with van der Waals surface area (Å²) in [4.78, 5) is 44.0. The number of hydrogen-bond donors (Lipinski definition) is 6. The van der Waals surface area contributed by atoms with Crippen molar-refractivity contribution in [3.63, 3.8) is 0 Å². The monoisotopic (exact) mass is 570 g/mol. The second kappa shape index (κ2) is 9.73. The number of aliphatic carboxylic acids is 1. The fourth-order valence-corrected chi connectivity index (χ4v) is 5.91. The number of aromatic nitrogens is 1. The molecule has 2 saturated heterocycles. The normalized spacial score (nSPS) is 31.2. The average Bonchev–Trinajstić information content (AvgIpc) is 3.33. The van der Waals surface area contributed by atoms with E-state index < -0.39 is 79.8 Å². The Kier molecular flexibility index (Phi) is 5.58. The summed E-state index contributed by atoms with van der Waals surface area (Å²) in [5.41, 5.74) is 2.53. The largest absolute Gasteiger partial charge is 0.504 e. The fraction of sp³-hybridized carbons (Fsp3) is 0.393. The Balaban J connectivity index is 1.46. The van der Waals surface area contributed by atoms with E-state index in [2.05, 4.69) is 4.98 Å². The molecule has 0 aliphatic carbocycles. The second-order valence-corrected chi connectivity index (χ2v) is 10.4. The lowest BCUT2D eigenvalue weighted by Crippen LogP contribution is -2.62. The lowest BCUT2D eigenvalue weighted by atomic mass is 9.85. The van der Waals surface area contributed by atoms with Crippen LogP contribution in [0.4, 0.5) is 0 Å². The SMILES string of the molecule is [2H]C([2H])([2H])N1CC(=O)N2[C@H](c3cc(C)c(O)c(O[C@@H]4O[C@H](C(=O)O)[C@@H](O)[C@H](O)[C@H]4O)c3)c3[nH]c4ccccc4c3C[C@@H]2C1=O. The van der Waals surface area contributed by atoms with Gasteiger partial charge in [0.05, 0.1) is 12.6 Å². The highest BCUT2D eigenvalue weighted by Crippen LogP contribution is 2.45. The fourth-order valence-electron chi connectivity index (χ4n) is 5.91. The lowest BCUT2D eigenvalue weighted by Gasteiger charge is -2.46. The van der Waals surface area contributed by atoms with Crippen LogP contribution in [0.5, 0.6) is 11.5 Å². The number of fused-ring (bicyclic) bond motifs is 4. The summed E-state index contributed by atoms with van der Waals surface area (Å²) >= 11 is 0. The van der Waals surface area contributed by atoms with Gasteiger partial charge in [-0.05, 0) is 41.8 Å². The van der Waals surface area contributed by atoms with Crippen molar-refractivity contribution in [3.05, 3.63) is 58.8 Å². The molecule has 0 radical (unpaired) electrons. The number of ether oxygens (including phenoxy) is 2. The highest BCUT2D eigenvalue weighted by Gasteiger charge is 2.49. The Morgan fingerprint density at radius 3 is 2.63 bits per heavy atom. The smallest absolute Gasteiger partial charge is 0.335 e. The van der Waals surface area contributed by atoms with Gasteiger partial charge in [-0.25, -0.2) is 4.79 Å². The highest BCUT2D eigenvalue weighted by atomic mass is 16.7. The third kappa shape index (κ3) is 4.20. The number of carboxylic acids is 1. The minimum atomic E-state index is -2.84. The molecular weight excluding hydrogens is 538 g/mol. The number of rotatable bonds is 4. The third-order valence-corrected chi connectivity index (χ3v) is 7.92. The van der Waals surface area contributed by atoms with Crippen molar-refractivity contribution in [3.8, 4) is 11.5 Å². The van der Waals surface area contributed by atoms with Crippen molar-refractivity contribution in [2.75, 3.05) is 13.5 Å². The number of hydrogen-bond acceptors (Lipinski definition) is 9. The Morgan fingerprint density at radius 2 is 1.90 bits per heavy atom. The molecule has 0 saturated carbocycles. The maximum atomic E-state index is 13.6. The molecule has 6 rings (SSSR count). The van der Waals surface area contributed by atoms with Crippen molar-refractivity contribution in [1.82, 2.24) is 14.8 Å². The van der Waals surface area contributed by atoms with Gasteiger partial charge < -0.3 is 49.8 Å². The number of carbonyl (C=O) groups is 3. The van der Waals surface area contributed by atoms with Gasteiger partial charge in [-0.2, -0.15) is 0 Å². The van der Waals surface area contributed by atoms with Crippen LogP contribution in [-0.2, 0) is 25.5 Å². The number of nitrogens with one attached hydrogen (secondary N) is 1. The van der Waals surface area contributed by atoms with Crippen LogP contribution in [0.3, 0.4) is 0 Å². The van der Waals surface area contributed by atoms with Crippen molar-refractivity contribution < 1.29 is 53.5 Å². The van der Waals surface area contributed by atoms with E-state index in [0.29, 0.717) is 27.2 Å². The van der Waals surface area contributed by atoms with Crippen molar-refractivity contribution in [2.24, 2.45) is 0 Å². The van der Waals surface area contributed by atoms with Crippen LogP contribution < -0.4 is 4.74 Å². The zero-order chi connectivity index (χ0) is 31.8. The first-order valence-corrected chi connectivity index (χ1v) is 12.8. The van der Waals surface area contributed by atoms with Gasteiger partial charge in [0, 0.05) is 34.1 Å². The zero-order valence-electron chi connectivity index (χ0n) is 24.6. The first kappa shape index (κ1) is 23.5. The van der Waals surface area contributed by atoms with Gasteiger partial charge in [0.2, 0.25) is 18.1 Å². The number of aliphatic hydroxyl groups is 3. The van der Waals surface area contributed by atoms with Crippen molar-refractivity contribution >= 4 is 28.7 Å².